The van der Waals surface area contributed by atoms with Gasteiger partial charge in [0.25, 0.3) is 0 Å². The maximum absolute atomic E-state index is 11.1. The SMILES string of the molecule is CNc1cccc(Sc2cnccn2)c1[N+](=O)[O-]. The third-order valence-electron chi connectivity index (χ3n) is 2.20. The van der Waals surface area contributed by atoms with Gasteiger partial charge in [0.2, 0.25) is 0 Å². The zero-order chi connectivity index (χ0) is 13.0. The summed E-state index contributed by atoms with van der Waals surface area (Å²) in [6, 6.07) is 5.12. The molecule has 0 saturated heterocycles. The number of hydrogen-bond acceptors (Lipinski definition) is 6. The third-order valence-corrected chi connectivity index (χ3v) is 3.17. The van der Waals surface area contributed by atoms with E-state index < -0.39 is 4.92 Å². The Balaban J connectivity index is 2.42. The maximum Gasteiger partial charge on any atom is 0.306 e. The van der Waals surface area contributed by atoms with Crippen LogP contribution in [0.2, 0.25) is 0 Å². The van der Waals surface area contributed by atoms with Gasteiger partial charge in [0, 0.05) is 19.4 Å². The molecule has 0 radical (unpaired) electrons. The molecule has 1 aromatic heterocycles. The molecule has 0 bridgehead atoms. The highest BCUT2D eigenvalue weighted by Gasteiger charge is 2.19. The van der Waals surface area contributed by atoms with Gasteiger partial charge in [-0.1, -0.05) is 17.8 Å². The minimum Gasteiger partial charge on any atom is -0.383 e. The summed E-state index contributed by atoms with van der Waals surface area (Å²) in [6.45, 7) is 0. The average Bonchev–Trinajstić information content (AvgIpc) is 2.39. The molecular weight excluding hydrogens is 252 g/mol. The smallest absolute Gasteiger partial charge is 0.306 e. The molecule has 2 aromatic rings. The number of rotatable bonds is 4. The normalized spacial score (nSPS) is 10.1. The summed E-state index contributed by atoms with van der Waals surface area (Å²) in [5.41, 5.74) is 0.532. The third kappa shape index (κ3) is 2.57. The molecule has 0 spiro atoms. The molecule has 0 unspecified atom stereocenters. The van der Waals surface area contributed by atoms with Crippen molar-refractivity contribution in [1.82, 2.24) is 9.97 Å². The van der Waals surface area contributed by atoms with E-state index in [1.807, 2.05) is 0 Å². The molecule has 1 aromatic carbocycles. The summed E-state index contributed by atoms with van der Waals surface area (Å²) in [7, 11) is 1.65. The van der Waals surface area contributed by atoms with Crippen LogP contribution in [0, 0.1) is 10.1 Å². The molecule has 6 nitrogen and oxygen atoms in total. The largest absolute Gasteiger partial charge is 0.383 e. The summed E-state index contributed by atoms with van der Waals surface area (Å²) >= 11 is 1.22. The van der Waals surface area contributed by atoms with Gasteiger partial charge in [-0.25, -0.2) is 4.98 Å². The quantitative estimate of drug-likeness (QED) is 0.673. The number of nitrogens with zero attached hydrogens (tertiary/aromatic N) is 3. The van der Waals surface area contributed by atoms with Crippen LogP contribution in [0.4, 0.5) is 11.4 Å². The Labute approximate surface area is 108 Å². The fourth-order valence-electron chi connectivity index (χ4n) is 1.45. The summed E-state index contributed by atoms with van der Waals surface area (Å²) in [5, 5.41) is 14.5. The molecule has 92 valence electrons. The average molecular weight is 262 g/mol. The number of benzene rings is 1. The van der Waals surface area contributed by atoms with E-state index in [1.165, 1.54) is 11.8 Å². The number of anilines is 1. The van der Waals surface area contributed by atoms with Crippen molar-refractivity contribution >= 4 is 23.1 Å². The Kier molecular flexibility index (Phi) is 3.73. The van der Waals surface area contributed by atoms with Gasteiger partial charge in [-0.15, -0.1) is 0 Å². The van der Waals surface area contributed by atoms with Gasteiger partial charge in [-0.3, -0.25) is 15.1 Å². The van der Waals surface area contributed by atoms with E-state index in [9.17, 15) is 10.1 Å². The summed E-state index contributed by atoms with van der Waals surface area (Å²) in [4.78, 5) is 19.3. The number of nitro benzene ring substituents is 1. The molecule has 2 rings (SSSR count). The summed E-state index contributed by atoms with van der Waals surface area (Å²) < 4.78 is 0. The highest BCUT2D eigenvalue weighted by molar-refractivity contribution is 7.99. The molecule has 1 heterocycles. The highest BCUT2D eigenvalue weighted by Crippen LogP contribution is 2.37. The molecule has 1 N–H and O–H groups in total. The fourth-order valence-corrected chi connectivity index (χ4v) is 2.33. The second kappa shape index (κ2) is 5.46. The second-order valence-corrected chi connectivity index (χ2v) is 4.37. The van der Waals surface area contributed by atoms with Gasteiger partial charge in [-0.05, 0) is 12.1 Å². The molecule has 7 heteroatoms. The van der Waals surface area contributed by atoms with Gasteiger partial charge in [0.05, 0.1) is 16.0 Å². The van der Waals surface area contributed by atoms with Gasteiger partial charge in [0.15, 0.2) is 0 Å². The summed E-state index contributed by atoms with van der Waals surface area (Å²) in [6.07, 6.45) is 4.68. The van der Waals surface area contributed by atoms with Crippen LogP contribution in [0.15, 0.2) is 46.7 Å². The van der Waals surface area contributed by atoms with Crippen molar-refractivity contribution < 1.29 is 4.92 Å². The molecule has 0 aliphatic rings. The standard InChI is InChI=1S/C11H10N4O2S/c1-12-8-3-2-4-9(11(8)15(16)17)18-10-7-13-5-6-14-10/h2-7,12H,1H3. The predicted molar refractivity (Wildman–Crippen MR) is 68.8 cm³/mol. The lowest BCUT2D eigenvalue weighted by Gasteiger charge is -2.06. The minimum atomic E-state index is -0.398. The fraction of sp³-hybridized carbons (Fsp3) is 0.0909. The Hall–Kier alpha value is -2.15. The summed E-state index contributed by atoms with van der Waals surface area (Å²) in [5.74, 6) is 0. The van der Waals surface area contributed by atoms with E-state index in [-0.39, 0.29) is 5.69 Å². The van der Waals surface area contributed by atoms with Crippen LogP contribution < -0.4 is 5.32 Å². The molecule has 0 saturated carbocycles. The van der Waals surface area contributed by atoms with Crippen molar-refractivity contribution in [2.45, 2.75) is 9.92 Å². The number of para-hydroxylation sites is 1. The van der Waals surface area contributed by atoms with Crippen LogP contribution in [0.5, 0.6) is 0 Å². The van der Waals surface area contributed by atoms with Gasteiger partial charge in [-0.2, -0.15) is 0 Å². The zero-order valence-corrected chi connectivity index (χ0v) is 10.3. The Morgan fingerprint density at radius 2 is 2.22 bits per heavy atom. The van der Waals surface area contributed by atoms with Gasteiger partial charge in [0.1, 0.15) is 10.7 Å². The molecule has 0 amide bonds. The Bertz CT molecular complexity index is 562. The molecule has 0 fully saturated rings. The second-order valence-electron chi connectivity index (χ2n) is 3.31. The topological polar surface area (TPSA) is 81.0 Å². The van der Waals surface area contributed by atoms with E-state index in [0.29, 0.717) is 15.6 Å². The van der Waals surface area contributed by atoms with Crippen LogP contribution in [-0.4, -0.2) is 21.9 Å². The van der Waals surface area contributed by atoms with Gasteiger partial charge >= 0.3 is 5.69 Å². The predicted octanol–water partition coefficient (Wildman–Crippen LogP) is 2.58. The monoisotopic (exact) mass is 262 g/mol. The number of aromatic nitrogens is 2. The van der Waals surface area contributed by atoms with Crippen molar-refractivity contribution in [3.63, 3.8) is 0 Å². The first-order chi connectivity index (χ1) is 8.72. The van der Waals surface area contributed by atoms with Crippen molar-refractivity contribution in [3.8, 4) is 0 Å². The molecular formula is C11H10N4O2S. The van der Waals surface area contributed by atoms with E-state index in [0.717, 1.165) is 0 Å². The van der Waals surface area contributed by atoms with Crippen LogP contribution >= 0.6 is 11.8 Å². The van der Waals surface area contributed by atoms with E-state index >= 15 is 0 Å². The minimum absolute atomic E-state index is 0.0515. The number of nitro groups is 1. The van der Waals surface area contributed by atoms with Crippen molar-refractivity contribution in [3.05, 3.63) is 46.9 Å². The number of hydrogen-bond donors (Lipinski definition) is 1. The van der Waals surface area contributed by atoms with E-state index in [4.69, 9.17) is 0 Å². The number of nitrogens with one attached hydrogen (secondary N) is 1. The van der Waals surface area contributed by atoms with Crippen molar-refractivity contribution in [1.29, 1.82) is 0 Å². The van der Waals surface area contributed by atoms with E-state index in [2.05, 4.69) is 15.3 Å². The zero-order valence-electron chi connectivity index (χ0n) is 9.53. The lowest BCUT2D eigenvalue weighted by atomic mass is 10.3. The Morgan fingerprint density at radius 3 is 2.83 bits per heavy atom. The van der Waals surface area contributed by atoms with Crippen molar-refractivity contribution in [2.24, 2.45) is 0 Å². The lowest BCUT2D eigenvalue weighted by molar-refractivity contribution is -0.386. The first-order valence-electron chi connectivity index (χ1n) is 5.11. The molecule has 0 atom stereocenters. The first kappa shape index (κ1) is 12.3. The van der Waals surface area contributed by atoms with Crippen molar-refractivity contribution in [2.75, 3.05) is 12.4 Å². The highest BCUT2D eigenvalue weighted by atomic mass is 32.2. The Morgan fingerprint density at radius 1 is 1.39 bits per heavy atom. The lowest BCUT2D eigenvalue weighted by Crippen LogP contribution is -1.98. The van der Waals surface area contributed by atoms with Crippen LogP contribution in [0.25, 0.3) is 0 Å². The van der Waals surface area contributed by atoms with Crippen LogP contribution in [-0.2, 0) is 0 Å². The van der Waals surface area contributed by atoms with Gasteiger partial charge < -0.3 is 5.32 Å². The molecule has 18 heavy (non-hydrogen) atoms. The first-order valence-corrected chi connectivity index (χ1v) is 5.93. The maximum atomic E-state index is 11.1. The van der Waals surface area contributed by atoms with Crippen LogP contribution in [0.1, 0.15) is 0 Å². The molecule has 0 aliphatic heterocycles. The molecule has 0 aliphatic carbocycles. The van der Waals surface area contributed by atoms with Crippen LogP contribution in [0.3, 0.4) is 0 Å². The van der Waals surface area contributed by atoms with E-state index in [1.54, 1.807) is 43.8 Å².